The summed E-state index contributed by atoms with van der Waals surface area (Å²) < 4.78 is 5.21. The first-order chi connectivity index (χ1) is 6.79. The summed E-state index contributed by atoms with van der Waals surface area (Å²) in [7, 11) is 0. The number of rotatable bonds is 1. The highest BCUT2D eigenvalue weighted by molar-refractivity contribution is 5.94. The lowest BCUT2D eigenvalue weighted by Gasteiger charge is -2.29. The minimum absolute atomic E-state index is 0.185. The number of morpholine rings is 1. The van der Waals surface area contributed by atoms with Crippen molar-refractivity contribution >= 4 is 5.91 Å². The van der Waals surface area contributed by atoms with Crippen LogP contribution in [-0.2, 0) is 9.53 Å². The molecule has 0 aliphatic carbocycles. The van der Waals surface area contributed by atoms with E-state index >= 15 is 0 Å². The SMILES string of the molecule is CC(C(=O)N1CCOCC1)=C1CNC1. The molecule has 1 N–H and O–H groups in total. The van der Waals surface area contributed by atoms with Crippen LogP contribution in [0.5, 0.6) is 0 Å². The van der Waals surface area contributed by atoms with Gasteiger partial charge in [-0.2, -0.15) is 0 Å². The molecule has 2 rings (SSSR count). The van der Waals surface area contributed by atoms with Crippen molar-refractivity contribution in [2.24, 2.45) is 0 Å². The standard InChI is InChI=1S/C10H16N2O2/c1-8(9-6-11-7-9)10(13)12-2-4-14-5-3-12/h11H,2-7H2,1H3. The Hall–Kier alpha value is -0.870. The minimum Gasteiger partial charge on any atom is -0.378 e. The number of carbonyl (C=O) groups excluding carboxylic acids is 1. The summed E-state index contributed by atoms with van der Waals surface area (Å²) in [4.78, 5) is 13.8. The molecule has 14 heavy (non-hydrogen) atoms. The summed E-state index contributed by atoms with van der Waals surface area (Å²) in [6.45, 7) is 6.49. The first kappa shape index (κ1) is 9.68. The Morgan fingerprint density at radius 3 is 2.50 bits per heavy atom. The van der Waals surface area contributed by atoms with Crippen molar-refractivity contribution in [3.05, 3.63) is 11.1 Å². The van der Waals surface area contributed by atoms with E-state index in [1.807, 2.05) is 11.8 Å². The van der Waals surface area contributed by atoms with Crippen LogP contribution in [0.25, 0.3) is 0 Å². The van der Waals surface area contributed by atoms with E-state index in [4.69, 9.17) is 4.74 Å². The number of nitrogens with zero attached hydrogens (tertiary/aromatic N) is 1. The second kappa shape index (κ2) is 4.11. The molecule has 0 aromatic carbocycles. The Kier molecular flexibility index (Phi) is 2.84. The highest BCUT2D eigenvalue weighted by Crippen LogP contribution is 2.12. The number of nitrogens with one attached hydrogen (secondary N) is 1. The molecule has 0 bridgehead atoms. The summed E-state index contributed by atoms with van der Waals surface area (Å²) in [6, 6.07) is 0. The Labute approximate surface area is 83.9 Å². The maximum Gasteiger partial charge on any atom is 0.249 e. The molecule has 0 aromatic rings. The van der Waals surface area contributed by atoms with Crippen LogP contribution in [0, 0.1) is 0 Å². The summed E-state index contributed by atoms with van der Waals surface area (Å²) >= 11 is 0. The molecular weight excluding hydrogens is 180 g/mol. The number of carbonyl (C=O) groups is 1. The monoisotopic (exact) mass is 196 g/mol. The molecular formula is C10H16N2O2. The molecule has 0 unspecified atom stereocenters. The van der Waals surface area contributed by atoms with E-state index in [-0.39, 0.29) is 5.91 Å². The molecule has 0 atom stereocenters. The van der Waals surface area contributed by atoms with Gasteiger partial charge in [0.1, 0.15) is 0 Å². The predicted octanol–water partition coefficient (Wildman–Crippen LogP) is -0.235. The van der Waals surface area contributed by atoms with E-state index in [9.17, 15) is 4.79 Å². The zero-order valence-corrected chi connectivity index (χ0v) is 8.51. The van der Waals surface area contributed by atoms with E-state index in [1.54, 1.807) is 0 Å². The largest absolute Gasteiger partial charge is 0.378 e. The summed E-state index contributed by atoms with van der Waals surface area (Å²) in [5.41, 5.74) is 2.17. The molecule has 78 valence electrons. The van der Waals surface area contributed by atoms with Crippen molar-refractivity contribution in [3.63, 3.8) is 0 Å². The predicted molar refractivity (Wildman–Crippen MR) is 53.0 cm³/mol. The van der Waals surface area contributed by atoms with Crippen molar-refractivity contribution in [2.75, 3.05) is 39.4 Å². The van der Waals surface area contributed by atoms with Crippen LogP contribution in [0.2, 0.25) is 0 Å². The maximum absolute atomic E-state index is 11.9. The molecule has 0 aromatic heterocycles. The molecule has 2 aliphatic rings. The summed E-state index contributed by atoms with van der Waals surface area (Å²) in [6.07, 6.45) is 0. The first-order valence-corrected chi connectivity index (χ1v) is 5.05. The van der Waals surface area contributed by atoms with E-state index in [0.29, 0.717) is 13.2 Å². The topological polar surface area (TPSA) is 41.6 Å². The van der Waals surface area contributed by atoms with Gasteiger partial charge in [-0.3, -0.25) is 4.79 Å². The average molecular weight is 196 g/mol. The van der Waals surface area contributed by atoms with Gasteiger partial charge in [-0.1, -0.05) is 0 Å². The first-order valence-electron chi connectivity index (χ1n) is 5.05. The Balaban J connectivity index is 1.99. The van der Waals surface area contributed by atoms with Gasteiger partial charge in [-0.15, -0.1) is 0 Å². The van der Waals surface area contributed by atoms with Crippen molar-refractivity contribution in [3.8, 4) is 0 Å². The fourth-order valence-corrected chi connectivity index (χ4v) is 1.67. The fraction of sp³-hybridized carbons (Fsp3) is 0.700. The second-order valence-corrected chi connectivity index (χ2v) is 3.74. The van der Waals surface area contributed by atoms with Crippen LogP contribution in [0.3, 0.4) is 0 Å². The Bertz CT molecular complexity index is 261. The molecule has 4 heteroatoms. The summed E-state index contributed by atoms with van der Waals surface area (Å²) in [5, 5.41) is 3.15. The molecule has 2 heterocycles. The Morgan fingerprint density at radius 1 is 1.36 bits per heavy atom. The van der Waals surface area contributed by atoms with Gasteiger partial charge in [0, 0.05) is 31.8 Å². The van der Waals surface area contributed by atoms with Gasteiger partial charge in [0.2, 0.25) is 5.91 Å². The molecule has 2 fully saturated rings. The number of hydrogen-bond donors (Lipinski definition) is 1. The lowest BCUT2D eigenvalue weighted by molar-refractivity contribution is -0.131. The van der Waals surface area contributed by atoms with Gasteiger partial charge < -0.3 is 15.0 Å². The van der Waals surface area contributed by atoms with E-state index in [0.717, 1.165) is 31.8 Å². The van der Waals surface area contributed by atoms with Gasteiger partial charge >= 0.3 is 0 Å². The smallest absolute Gasteiger partial charge is 0.249 e. The highest BCUT2D eigenvalue weighted by Gasteiger charge is 2.22. The average Bonchev–Trinajstić information content (AvgIpc) is 2.15. The van der Waals surface area contributed by atoms with Crippen molar-refractivity contribution in [1.82, 2.24) is 10.2 Å². The molecule has 1 amide bonds. The highest BCUT2D eigenvalue weighted by atomic mass is 16.5. The number of hydrogen-bond acceptors (Lipinski definition) is 3. The normalized spacial score (nSPS) is 21.8. The molecule has 4 nitrogen and oxygen atoms in total. The summed E-state index contributed by atoms with van der Waals surface area (Å²) in [5.74, 6) is 0.185. The molecule has 0 saturated carbocycles. The van der Waals surface area contributed by atoms with Crippen molar-refractivity contribution in [2.45, 2.75) is 6.92 Å². The Morgan fingerprint density at radius 2 is 2.00 bits per heavy atom. The van der Waals surface area contributed by atoms with Gasteiger partial charge in [-0.05, 0) is 12.5 Å². The van der Waals surface area contributed by atoms with E-state index < -0.39 is 0 Å². The lowest BCUT2D eigenvalue weighted by Crippen LogP contribution is -2.43. The van der Waals surface area contributed by atoms with Crippen molar-refractivity contribution in [1.29, 1.82) is 0 Å². The van der Waals surface area contributed by atoms with Gasteiger partial charge in [0.15, 0.2) is 0 Å². The van der Waals surface area contributed by atoms with Crippen LogP contribution in [0.15, 0.2) is 11.1 Å². The minimum atomic E-state index is 0.185. The third-order valence-electron chi connectivity index (χ3n) is 2.83. The third-order valence-corrected chi connectivity index (χ3v) is 2.83. The van der Waals surface area contributed by atoms with Crippen LogP contribution in [-0.4, -0.2) is 50.2 Å². The second-order valence-electron chi connectivity index (χ2n) is 3.74. The van der Waals surface area contributed by atoms with Crippen LogP contribution >= 0.6 is 0 Å². The van der Waals surface area contributed by atoms with Gasteiger partial charge in [0.25, 0.3) is 0 Å². The fourth-order valence-electron chi connectivity index (χ4n) is 1.67. The third kappa shape index (κ3) is 1.81. The van der Waals surface area contributed by atoms with Crippen LogP contribution < -0.4 is 5.32 Å². The zero-order chi connectivity index (χ0) is 9.97. The van der Waals surface area contributed by atoms with Gasteiger partial charge in [-0.25, -0.2) is 0 Å². The van der Waals surface area contributed by atoms with Crippen LogP contribution in [0.1, 0.15) is 6.92 Å². The molecule has 0 radical (unpaired) electrons. The van der Waals surface area contributed by atoms with E-state index in [2.05, 4.69) is 5.32 Å². The quantitative estimate of drug-likeness (QED) is 0.589. The molecule has 2 saturated heterocycles. The number of amides is 1. The zero-order valence-electron chi connectivity index (χ0n) is 8.51. The number of ether oxygens (including phenoxy) is 1. The molecule has 0 spiro atoms. The van der Waals surface area contributed by atoms with Crippen molar-refractivity contribution < 1.29 is 9.53 Å². The van der Waals surface area contributed by atoms with Crippen LogP contribution in [0.4, 0.5) is 0 Å². The lowest BCUT2D eigenvalue weighted by atomic mass is 10.0. The maximum atomic E-state index is 11.9. The molecule has 2 aliphatic heterocycles. The van der Waals surface area contributed by atoms with Gasteiger partial charge in [0.05, 0.1) is 13.2 Å². The van der Waals surface area contributed by atoms with E-state index in [1.165, 1.54) is 5.57 Å².